The second kappa shape index (κ2) is 12.3. The van der Waals surface area contributed by atoms with E-state index in [1.54, 1.807) is 0 Å². The molecule has 2 rings (SSSR count). The van der Waals surface area contributed by atoms with Gasteiger partial charge in [-0.3, -0.25) is 4.79 Å². The summed E-state index contributed by atoms with van der Waals surface area (Å²) in [6.45, 7) is 14.2. The minimum Gasteiger partial charge on any atom is -0.449 e. The average molecular weight is 483 g/mol. The van der Waals surface area contributed by atoms with Crippen LogP contribution in [-0.4, -0.2) is 59.7 Å². The van der Waals surface area contributed by atoms with Crippen LogP contribution in [0.1, 0.15) is 80.1 Å². The van der Waals surface area contributed by atoms with Gasteiger partial charge in [-0.05, 0) is 61.7 Å². The smallest absolute Gasteiger partial charge is 0.407 e. The molecule has 0 radical (unpaired) electrons. The minimum atomic E-state index is -0.458. The lowest BCUT2D eigenvalue weighted by atomic mass is 9.74. The zero-order chi connectivity index (χ0) is 24.8. The molecule has 1 aliphatic carbocycles. The molecule has 1 saturated carbocycles. The zero-order valence-electron chi connectivity index (χ0n) is 21.5. The molecule has 8 heteroatoms. The van der Waals surface area contributed by atoms with Crippen LogP contribution in [0.25, 0.3) is 0 Å². The number of carbonyl (C=O) groups excluding carboxylic acids is 2. The van der Waals surface area contributed by atoms with Crippen molar-refractivity contribution in [2.24, 2.45) is 28.9 Å². The summed E-state index contributed by atoms with van der Waals surface area (Å²) in [5.74, 6) is 1.05. The Balaban J connectivity index is 2.06. The molecule has 33 heavy (non-hydrogen) atoms. The van der Waals surface area contributed by atoms with Crippen LogP contribution in [-0.2, 0) is 9.53 Å². The highest BCUT2D eigenvalue weighted by atomic mass is 32.1. The molecule has 0 spiro atoms. The second-order valence-electron chi connectivity index (χ2n) is 11.3. The summed E-state index contributed by atoms with van der Waals surface area (Å²) in [6, 6.07) is -0.386. The first-order valence-corrected chi connectivity index (χ1v) is 13.1. The van der Waals surface area contributed by atoms with Gasteiger partial charge >= 0.3 is 6.09 Å². The number of hydrogen-bond donors (Lipinski definition) is 3. The number of carbonyl (C=O) groups is 2. The van der Waals surface area contributed by atoms with Gasteiger partial charge in [0.25, 0.3) is 0 Å². The third-order valence-corrected chi connectivity index (χ3v) is 8.05. The number of alkyl carbamates (subject to hydrolysis) is 1. The highest BCUT2D eigenvalue weighted by Crippen LogP contribution is 2.34. The third-order valence-electron chi connectivity index (χ3n) is 7.58. The van der Waals surface area contributed by atoms with Crippen LogP contribution in [0.15, 0.2) is 0 Å². The third kappa shape index (κ3) is 7.81. The molecule has 190 valence electrons. The van der Waals surface area contributed by atoms with Gasteiger partial charge in [-0.1, -0.05) is 53.8 Å². The van der Waals surface area contributed by atoms with Gasteiger partial charge in [0.1, 0.15) is 11.0 Å². The fourth-order valence-corrected chi connectivity index (χ4v) is 5.11. The van der Waals surface area contributed by atoms with Crippen molar-refractivity contribution < 1.29 is 14.3 Å². The Morgan fingerprint density at radius 1 is 1.12 bits per heavy atom. The molecule has 4 N–H and O–H groups in total. The maximum Gasteiger partial charge on any atom is 0.407 e. The summed E-state index contributed by atoms with van der Waals surface area (Å²) in [6.07, 6.45) is 5.43. The van der Waals surface area contributed by atoms with Gasteiger partial charge in [0.2, 0.25) is 5.91 Å². The van der Waals surface area contributed by atoms with Gasteiger partial charge < -0.3 is 26.0 Å². The van der Waals surface area contributed by atoms with Gasteiger partial charge in [-0.15, -0.1) is 0 Å². The number of amides is 2. The molecule has 1 saturated heterocycles. The lowest BCUT2D eigenvalue weighted by Gasteiger charge is -2.42. The summed E-state index contributed by atoms with van der Waals surface area (Å²) >= 11 is 5.94. The van der Waals surface area contributed by atoms with E-state index < -0.39 is 12.1 Å². The number of rotatable bonds is 9. The van der Waals surface area contributed by atoms with Crippen molar-refractivity contribution in [1.29, 1.82) is 0 Å². The maximum absolute atomic E-state index is 13.1. The van der Waals surface area contributed by atoms with Crippen molar-refractivity contribution in [1.82, 2.24) is 15.5 Å². The number of thiocarbonyl (C=S) groups is 1. The normalized spacial score (nSPS) is 24.6. The highest BCUT2D eigenvalue weighted by molar-refractivity contribution is 7.80. The van der Waals surface area contributed by atoms with Crippen LogP contribution < -0.4 is 16.4 Å². The molecule has 7 nitrogen and oxygen atoms in total. The molecule has 2 fully saturated rings. The Bertz CT molecular complexity index is 675. The number of hydrogen-bond acceptors (Lipinski definition) is 5. The molecule has 0 aromatic carbocycles. The van der Waals surface area contributed by atoms with Gasteiger partial charge in [0.15, 0.2) is 0 Å². The summed E-state index contributed by atoms with van der Waals surface area (Å²) in [5, 5.41) is 6.21. The summed E-state index contributed by atoms with van der Waals surface area (Å²) in [4.78, 5) is 28.3. The van der Waals surface area contributed by atoms with E-state index in [2.05, 4.69) is 38.3 Å². The molecular formula is C25H46N4O3S. The first-order chi connectivity index (χ1) is 15.4. The molecule has 1 heterocycles. The van der Waals surface area contributed by atoms with Crippen LogP contribution >= 0.6 is 12.2 Å². The van der Waals surface area contributed by atoms with E-state index in [0.717, 1.165) is 45.1 Å². The Kier molecular flexibility index (Phi) is 10.4. The van der Waals surface area contributed by atoms with Crippen molar-refractivity contribution in [3.05, 3.63) is 0 Å². The Hall–Kier alpha value is -1.41. The molecule has 0 bridgehead atoms. The first kappa shape index (κ1) is 27.8. The van der Waals surface area contributed by atoms with Crippen LogP contribution in [0, 0.1) is 23.2 Å². The number of likely N-dealkylation sites (tertiary alicyclic amines) is 1. The quantitative estimate of drug-likeness (QED) is 0.432. The fourth-order valence-electron chi connectivity index (χ4n) is 4.53. The van der Waals surface area contributed by atoms with E-state index >= 15 is 0 Å². The molecular weight excluding hydrogens is 436 g/mol. The topological polar surface area (TPSA) is 96.7 Å². The predicted octanol–water partition coefficient (Wildman–Crippen LogP) is 3.84. The lowest BCUT2D eigenvalue weighted by molar-refractivity contribution is -0.124. The molecule has 0 unspecified atom stereocenters. The number of ether oxygens (including phenoxy) is 1. The fraction of sp³-hybridized carbons (Fsp3) is 0.880. The van der Waals surface area contributed by atoms with Gasteiger partial charge in [0.05, 0.1) is 12.6 Å². The Morgan fingerprint density at radius 3 is 2.33 bits per heavy atom. The molecule has 0 aromatic heterocycles. The van der Waals surface area contributed by atoms with E-state index in [4.69, 9.17) is 22.7 Å². The lowest BCUT2D eigenvalue weighted by Crippen LogP contribution is -2.59. The zero-order valence-corrected chi connectivity index (χ0v) is 22.3. The highest BCUT2D eigenvalue weighted by Gasteiger charge is 2.42. The number of nitrogens with one attached hydrogen (secondary N) is 2. The van der Waals surface area contributed by atoms with Gasteiger partial charge in [-0.25, -0.2) is 4.79 Å². The SMILES string of the molecule is CC(C)COC(=O)N[C@H](C(=S)N1CCC[C@H]1C(=O)NCC1CCC(N)CC1)C(C)(C)C(C)C. The minimum absolute atomic E-state index is 0.0354. The van der Waals surface area contributed by atoms with Crippen LogP contribution in [0.2, 0.25) is 0 Å². The van der Waals surface area contributed by atoms with Gasteiger partial charge in [-0.2, -0.15) is 0 Å². The average Bonchev–Trinajstić information content (AvgIpc) is 3.24. The van der Waals surface area contributed by atoms with E-state index in [1.807, 2.05) is 18.7 Å². The van der Waals surface area contributed by atoms with E-state index in [9.17, 15) is 9.59 Å². The summed E-state index contributed by atoms with van der Waals surface area (Å²) < 4.78 is 5.39. The maximum atomic E-state index is 13.1. The Labute approximate surface area is 205 Å². The second-order valence-corrected chi connectivity index (χ2v) is 11.7. The summed E-state index contributed by atoms with van der Waals surface area (Å²) in [7, 11) is 0. The van der Waals surface area contributed by atoms with Crippen LogP contribution in [0.5, 0.6) is 0 Å². The predicted molar refractivity (Wildman–Crippen MR) is 137 cm³/mol. The number of nitrogens with zero attached hydrogens (tertiary/aromatic N) is 1. The standard InChI is InChI=1S/C25H46N4O3S/c1-16(2)15-32-24(31)28-21(25(5,6)17(3)4)23(33)29-13-7-8-20(29)22(30)27-14-18-9-11-19(26)12-10-18/h16-21H,7-15,26H2,1-6H3,(H,27,30)(H,28,31)/t18?,19?,20-,21+/m0/s1. The largest absolute Gasteiger partial charge is 0.449 e. The number of nitrogens with two attached hydrogens (primary N) is 1. The van der Waals surface area contributed by atoms with E-state index in [1.165, 1.54) is 0 Å². The van der Waals surface area contributed by atoms with Crippen molar-refractivity contribution >= 4 is 29.2 Å². The van der Waals surface area contributed by atoms with Gasteiger partial charge in [0, 0.05) is 19.1 Å². The van der Waals surface area contributed by atoms with Crippen molar-refractivity contribution in [2.75, 3.05) is 19.7 Å². The van der Waals surface area contributed by atoms with Crippen LogP contribution in [0.4, 0.5) is 4.79 Å². The summed E-state index contributed by atoms with van der Waals surface area (Å²) in [5.41, 5.74) is 5.70. The van der Waals surface area contributed by atoms with E-state index in [-0.39, 0.29) is 29.2 Å². The molecule has 2 atom stereocenters. The molecule has 2 amide bonds. The first-order valence-electron chi connectivity index (χ1n) is 12.7. The molecule has 0 aromatic rings. The Morgan fingerprint density at radius 2 is 1.76 bits per heavy atom. The van der Waals surface area contributed by atoms with Crippen molar-refractivity contribution in [2.45, 2.75) is 98.2 Å². The molecule has 2 aliphatic rings. The molecule has 1 aliphatic heterocycles. The van der Waals surface area contributed by atoms with E-state index in [0.29, 0.717) is 30.1 Å². The van der Waals surface area contributed by atoms with Crippen molar-refractivity contribution in [3.63, 3.8) is 0 Å². The monoisotopic (exact) mass is 482 g/mol. The van der Waals surface area contributed by atoms with Crippen molar-refractivity contribution in [3.8, 4) is 0 Å². The van der Waals surface area contributed by atoms with Crippen LogP contribution in [0.3, 0.4) is 0 Å².